The van der Waals surface area contributed by atoms with Gasteiger partial charge >= 0.3 is 17.8 Å². The minimum Gasteiger partial charge on any atom is -0.469 e. The summed E-state index contributed by atoms with van der Waals surface area (Å²) in [6.07, 6.45) is -0.935. The van der Waals surface area contributed by atoms with Crippen LogP contribution in [-0.2, 0) is 31.2 Å². The van der Waals surface area contributed by atoms with Crippen LogP contribution in [0.15, 0.2) is 46.1 Å². The molecule has 3 aliphatic rings. The lowest BCUT2D eigenvalue weighted by molar-refractivity contribution is -0.591. The molecule has 1 fully saturated rings. The number of rotatable bonds is 5. The molecule has 1 saturated heterocycles. The molecule has 0 amide bonds. The van der Waals surface area contributed by atoms with E-state index in [0.29, 0.717) is 12.2 Å². The van der Waals surface area contributed by atoms with Crippen molar-refractivity contribution < 1.29 is 42.3 Å². The van der Waals surface area contributed by atoms with E-state index in [4.69, 9.17) is 9.47 Å². The van der Waals surface area contributed by atoms with Crippen molar-refractivity contribution in [1.82, 2.24) is 4.68 Å². The molecule has 3 aliphatic heterocycles. The number of ether oxygens (including phenoxy) is 3. The number of pyridine rings is 1. The summed E-state index contributed by atoms with van der Waals surface area (Å²) >= 11 is 1.40. The van der Waals surface area contributed by atoms with Crippen LogP contribution in [0.3, 0.4) is 0 Å². The predicted molar refractivity (Wildman–Crippen MR) is 148 cm³/mol. The summed E-state index contributed by atoms with van der Waals surface area (Å²) in [5.74, 6) is -4.22. The van der Waals surface area contributed by atoms with Gasteiger partial charge in [0.2, 0.25) is 16.9 Å². The topological polar surface area (TPSA) is 119 Å². The van der Waals surface area contributed by atoms with Gasteiger partial charge in [-0.25, -0.2) is 13.5 Å². The number of methoxy groups -OCH3 is 1. The normalized spacial score (nSPS) is 17.2. The molecule has 2 N–H and O–H groups in total. The number of hydrogen-bond donors (Lipinski definition) is 2. The molecule has 2 aromatic carbocycles. The molecule has 0 unspecified atom stereocenters. The Hall–Kier alpha value is -4.23. The lowest BCUT2D eigenvalue weighted by atomic mass is 9.92. The molecule has 6 rings (SSSR count). The van der Waals surface area contributed by atoms with Crippen molar-refractivity contribution in [2.24, 2.45) is 0 Å². The zero-order valence-corrected chi connectivity index (χ0v) is 23.3. The van der Waals surface area contributed by atoms with Crippen LogP contribution in [0.1, 0.15) is 35.2 Å². The molecule has 1 atom stereocenters. The number of carbonyl (C=O) groups is 2. The fourth-order valence-electron chi connectivity index (χ4n) is 5.37. The molecule has 0 saturated carbocycles. The molecule has 4 heterocycles. The summed E-state index contributed by atoms with van der Waals surface area (Å²) in [7, 11) is 1.18. The SMILES string of the molecule is COC(=O)CCC(=O)Oc1c2n(c(-c3cc(F)c(F)c4c3Cc3ccccc3SC4)cc1=O)N[C@@H]1COCC[N+]1=C2O. The summed E-state index contributed by atoms with van der Waals surface area (Å²) < 4.78 is 48.8. The Labute approximate surface area is 242 Å². The third kappa shape index (κ3) is 4.92. The average molecular weight is 599 g/mol. The molecule has 0 radical (unpaired) electrons. The maximum atomic E-state index is 15.2. The number of aliphatic hydroxyl groups is 1. The van der Waals surface area contributed by atoms with Crippen LogP contribution in [0.2, 0.25) is 0 Å². The van der Waals surface area contributed by atoms with Crippen molar-refractivity contribution in [2.45, 2.75) is 36.1 Å². The first kappa shape index (κ1) is 27.9. The van der Waals surface area contributed by atoms with E-state index in [1.807, 2.05) is 24.3 Å². The summed E-state index contributed by atoms with van der Waals surface area (Å²) in [6, 6.07) is 9.77. The molecule has 10 nitrogen and oxygen atoms in total. The van der Waals surface area contributed by atoms with Crippen LogP contribution in [0.25, 0.3) is 11.3 Å². The van der Waals surface area contributed by atoms with Gasteiger partial charge < -0.3 is 19.3 Å². The molecule has 1 aromatic heterocycles. The number of hydrogen-bond acceptors (Lipinski definition) is 8. The van der Waals surface area contributed by atoms with Crippen LogP contribution in [-0.4, -0.2) is 65.2 Å². The Balaban J connectivity index is 1.54. The first-order valence-electron chi connectivity index (χ1n) is 13.2. The van der Waals surface area contributed by atoms with E-state index in [1.165, 1.54) is 23.5 Å². The summed E-state index contributed by atoms with van der Waals surface area (Å²) in [6.45, 7) is 0.740. The predicted octanol–water partition coefficient (Wildman–Crippen LogP) is 3.08. The van der Waals surface area contributed by atoms with E-state index < -0.39 is 40.9 Å². The smallest absolute Gasteiger partial charge is 0.392 e. The van der Waals surface area contributed by atoms with Crippen LogP contribution >= 0.6 is 11.8 Å². The largest absolute Gasteiger partial charge is 0.469 e. The number of esters is 2. The summed E-state index contributed by atoms with van der Waals surface area (Å²) in [5, 5.41) is 11.4. The van der Waals surface area contributed by atoms with E-state index in [0.717, 1.165) is 22.6 Å². The van der Waals surface area contributed by atoms with Gasteiger partial charge in [0, 0.05) is 27.8 Å². The maximum absolute atomic E-state index is 15.2. The Kier molecular flexibility index (Phi) is 7.45. The van der Waals surface area contributed by atoms with Gasteiger partial charge in [-0.1, -0.05) is 18.2 Å². The second-order valence-corrected chi connectivity index (χ2v) is 11.0. The minimum absolute atomic E-state index is 0.140. The van der Waals surface area contributed by atoms with Crippen molar-refractivity contribution in [3.8, 4) is 17.0 Å². The highest BCUT2D eigenvalue weighted by Gasteiger charge is 2.41. The van der Waals surface area contributed by atoms with Crippen molar-refractivity contribution in [3.63, 3.8) is 0 Å². The van der Waals surface area contributed by atoms with Crippen LogP contribution in [0.4, 0.5) is 8.78 Å². The number of fused-ring (bicyclic) bond motifs is 4. The number of aliphatic hydroxyl groups excluding tert-OH is 1. The zero-order chi connectivity index (χ0) is 29.5. The fraction of sp³-hybridized carbons (Fsp3) is 0.310. The standard InChI is InChI=1S/C29H25F2N3O7S/c1-39-24(36)6-7-25(37)41-28-21(35)12-20(34-27(28)29(38)33-8-9-40-13-23(33)32-34)17-11-19(30)26(31)18-14-42-22-5-3-2-4-15(22)10-16(17)18/h2-5,11-12,23,32H,6-10,13-14H2,1H3/p+1/t23-/m0/s1. The van der Waals surface area contributed by atoms with E-state index in [2.05, 4.69) is 10.2 Å². The second-order valence-electron chi connectivity index (χ2n) is 9.94. The van der Waals surface area contributed by atoms with Crippen LogP contribution < -0.4 is 15.6 Å². The number of nitrogens with one attached hydrogen (secondary N) is 1. The molecule has 42 heavy (non-hydrogen) atoms. The lowest BCUT2D eigenvalue weighted by Gasteiger charge is -2.31. The number of halogens is 2. The monoisotopic (exact) mass is 598 g/mol. The van der Waals surface area contributed by atoms with Gasteiger partial charge in [-0.2, -0.15) is 4.58 Å². The Morgan fingerprint density at radius 2 is 1.98 bits per heavy atom. The molecule has 218 valence electrons. The van der Waals surface area contributed by atoms with Crippen LogP contribution in [0.5, 0.6) is 5.75 Å². The molecule has 0 spiro atoms. The third-order valence-corrected chi connectivity index (χ3v) is 8.60. The quantitative estimate of drug-likeness (QED) is 0.337. The van der Waals surface area contributed by atoms with E-state index in [9.17, 15) is 19.5 Å². The fourth-order valence-corrected chi connectivity index (χ4v) is 6.48. The Bertz CT molecular complexity index is 1720. The van der Waals surface area contributed by atoms with Crippen LogP contribution in [0, 0.1) is 11.6 Å². The van der Waals surface area contributed by atoms with E-state index in [1.54, 1.807) is 4.58 Å². The molecule has 3 aromatic rings. The van der Waals surface area contributed by atoms with Gasteiger partial charge in [0.1, 0.15) is 13.2 Å². The zero-order valence-electron chi connectivity index (χ0n) is 22.4. The first-order chi connectivity index (χ1) is 20.3. The van der Waals surface area contributed by atoms with Gasteiger partial charge in [-0.3, -0.25) is 19.8 Å². The molecule has 0 bridgehead atoms. The van der Waals surface area contributed by atoms with E-state index >= 15 is 8.78 Å². The Morgan fingerprint density at radius 3 is 2.79 bits per heavy atom. The summed E-state index contributed by atoms with van der Waals surface area (Å²) in [5.41, 5.74) is 4.22. The molecular weight excluding hydrogens is 572 g/mol. The molecule has 0 aliphatic carbocycles. The molecular formula is C29H26F2N3O7S+. The van der Waals surface area contributed by atoms with Gasteiger partial charge in [0.15, 0.2) is 18.2 Å². The number of morpholine rings is 1. The Morgan fingerprint density at radius 1 is 1.19 bits per heavy atom. The van der Waals surface area contributed by atoms with Gasteiger partial charge in [-0.15, -0.1) is 11.8 Å². The molecule has 13 heteroatoms. The highest BCUT2D eigenvalue weighted by Crippen LogP contribution is 2.40. The highest BCUT2D eigenvalue weighted by atomic mass is 32.2. The minimum atomic E-state index is -1.08. The van der Waals surface area contributed by atoms with Gasteiger partial charge in [0.05, 0.1) is 25.6 Å². The first-order valence-corrected chi connectivity index (χ1v) is 14.2. The number of carbonyl (C=O) groups excluding carboxylic acids is 2. The van der Waals surface area contributed by atoms with E-state index in [-0.39, 0.29) is 66.6 Å². The van der Waals surface area contributed by atoms with Crippen molar-refractivity contribution >= 4 is 29.6 Å². The average Bonchev–Trinajstić information content (AvgIpc) is 3.19. The number of thioether (sulfide) groups is 1. The van der Waals surface area contributed by atoms with Crippen molar-refractivity contribution in [1.29, 1.82) is 0 Å². The lowest BCUT2D eigenvalue weighted by Crippen LogP contribution is -2.54. The highest BCUT2D eigenvalue weighted by molar-refractivity contribution is 7.98. The number of aromatic nitrogens is 1. The maximum Gasteiger partial charge on any atom is 0.392 e. The third-order valence-electron chi connectivity index (χ3n) is 7.46. The van der Waals surface area contributed by atoms with Crippen molar-refractivity contribution in [2.75, 3.05) is 32.3 Å². The second kappa shape index (κ2) is 11.2. The number of nitrogens with zero attached hydrogens (tertiary/aromatic N) is 2. The van der Waals surface area contributed by atoms with Crippen molar-refractivity contribution in [3.05, 3.63) is 80.6 Å². The van der Waals surface area contributed by atoms with Gasteiger partial charge in [0.25, 0.3) is 6.17 Å². The number of benzene rings is 2. The van der Waals surface area contributed by atoms with Gasteiger partial charge in [-0.05, 0) is 29.7 Å². The summed E-state index contributed by atoms with van der Waals surface area (Å²) in [4.78, 5) is 38.6.